The molecule has 3 unspecified atom stereocenters. The van der Waals surface area contributed by atoms with Gasteiger partial charge >= 0.3 is 0 Å². The SMILES string of the molecule is CCOCC(C(C)C)N1CCC(C)NCC(C)C1. The highest BCUT2D eigenvalue weighted by atomic mass is 16.5. The van der Waals surface area contributed by atoms with Crippen LogP contribution in [0.4, 0.5) is 0 Å². The summed E-state index contributed by atoms with van der Waals surface area (Å²) < 4.78 is 5.69. The lowest BCUT2D eigenvalue weighted by molar-refractivity contribution is 0.0318. The Kier molecular flexibility index (Phi) is 7.20. The Hall–Kier alpha value is -0.120. The summed E-state index contributed by atoms with van der Waals surface area (Å²) in [7, 11) is 0. The second-order valence-corrected chi connectivity index (χ2v) is 6.17. The number of hydrogen-bond donors (Lipinski definition) is 1. The molecular weight excluding hydrogens is 224 g/mol. The molecule has 18 heavy (non-hydrogen) atoms. The van der Waals surface area contributed by atoms with Gasteiger partial charge in [0.25, 0.3) is 0 Å². The lowest BCUT2D eigenvalue weighted by Crippen LogP contribution is -2.49. The van der Waals surface area contributed by atoms with Crippen LogP contribution in [0.3, 0.4) is 0 Å². The van der Waals surface area contributed by atoms with Crippen molar-refractivity contribution >= 4 is 0 Å². The normalized spacial score (nSPS) is 29.0. The summed E-state index contributed by atoms with van der Waals surface area (Å²) >= 11 is 0. The van der Waals surface area contributed by atoms with Gasteiger partial charge in [-0.25, -0.2) is 0 Å². The van der Waals surface area contributed by atoms with Gasteiger partial charge in [-0.2, -0.15) is 0 Å². The molecule has 1 N–H and O–H groups in total. The topological polar surface area (TPSA) is 24.5 Å². The number of hydrogen-bond acceptors (Lipinski definition) is 3. The fraction of sp³-hybridized carbons (Fsp3) is 1.00. The van der Waals surface area contributed by atoms with E-state index in [1.54, 1.807) is 0 Å². The minimum Gasteiger partial charge on any atom is -0.380 e. The molecule has 0 amide bonds. The Morgan fingerprint density at radius 3 is 2.67 bits per heavy atom. The van der Waals surface area contributed by atoms with Crippen molar-refractivity contribution in [2.24, 2.45) is 11.8 Å². The molecule has 3 nitrogen and oxygen atoms in total. The Labute approximate surface area is 113 Å². The lowest BCUT2D eigenvalue weighted by atomic mass is 9.99. The van der Waals surface area contributed by atoms with Gasteiger partial charge in [-0.3, -0.25) is 4.90 Å². The van der Waals surface area contributed by atoms with Crippen molar-refractivity contribution in [1.82, 2.24) is 10.2 Å². The molecule has 1 rings (SSSR count). The van der Waals surface area contributed by atoms with Gasteiger partial charge in [0.2, 0.25) is 0 Å². The molecule has 108 valence electrons. The van der Waals surface area contributed by atoms with E-state index >= 15 is 0 Å². The maximum absolute atomic E-state index is 5.69. The summed E-state index contributed by atoms with van der Waals surface area (Å²) in [4.78, 5) is 2.66. The highest BCUT2D eigenvalue weighted by molar-refractivity contribution is 4.80. The third kappa shape index (κ3) is 5.25. The van der Waals surface area contributed by atoms with Gasteiger partial charge in [0, 0.05) is 31.8 Å². The quantitative estimate of drug-likeness (QED) is 0.817. The molecule has 1 fully saturated rings. The largest absolute Gasteiger partial charge is 0.380 e. The van der Waals surface area contributed by atoms with Crippen molar-refractivity contribution in [3.05, 3.63) is 0 Å². The van der Waals surface area contributed by atoms with E-state index in [9.17, 15) is 0 Å². The number of nitrogens with zero attached hydrogens (tertiary/aromatic N) is 1. The molecule has 1 heterocycles. The van der Waals surface area contributed by atoms with Crippen LogP contribution in [-0.4, -0.2) is 49.8 Å². The maximum atomic E-state index is 5.69. The van der Waals surface area contributed by atoms with Gasteiger partial charge in [0.15, 0.2) is 0 Å². The van der Waals surface area contributed by atoms with Crippen LogP contribution in [-0.2, 0) is 4.74 Å². The van der Waals surface area contributed by atoms with Crippen molar-refractivity contribution in [2.75, 3.05) is 32.8 Å². The van der Waals surface area contributed by atoms with Crippen LogP contribution in [0.25, 0.3) is 0 Å². The second kappa shape index (κ2) is 8.13. The molecule has 0 aromatic heterocycles. The Balaban J connectivity index is 2.61. The predicted molar refractivity (Wildman–Crippen MR) is 77.9 cm³/mol. The van der Waals surface area contributed by atoms with Crippen molar-refractivity contribution in [2.45, 2.75) is 53.1 Å². The average molecular weight is 256 g/mol. The van der Waals surface area contributed by atoms with E-state index in [1.165, 1.54) is 19.5 Å². The van der Waals surface area contributed by atoms with Crippen LogP contribution in [0.15, 0.2) is 0 Å². The summed E-state index contributed by atoms with van der Waals surface area (Å²) in [5, 5.41) is 3.61. The smallest absolute Gasteiger partial charge is 0.0624 e. The molecule has 0 saturated carbocycles. The lowest BCUT2D eigenvalue weighted by Gasteiger charge is -2.38. The minimum atomic E-state index is 0.567. The number of rotatable bonds is 5. The molecule has 0 spiro atoms. The van der Waals surface area contributed by atoms with Gasteiger partial charge in [-0.1, -0.05) is 20.8 Å². The summed E-state index contributed by atoms with van der Waals surface area (Å²) in [6.45, 7) is 16.6. The Morgan fingerprint density at radius 2 is 2.06 bits per heavy atom. The molecule has 3 heteroatoms. The first-order valence-corrected chi connectivity index (χ1v) is 7.59. The Morgan fingerprint density at radius 1 is 1.33 bits per heavy atom. The highest BCUT2D eigenvalue weighted by Crippen LogP contribution is 2.16. The van der Waals surface area contributed by atoms with E-state index in [0.717, 1.165) is 25.7 Å². The van der Waals surface area contributed by atoms with E-state index in [2.05, 4.69) is 44.8 Å². The summed E-state index contributed by atoms with van der Waals surface area (Å²) in [6.07, 6.45) is 1.24. The zero-order valence-electron chi connectivity index (χ0n) is 12.9. The van der Waals surface area contributed by atoms with E-state index < -0.39 is 0 Å². The summed E-state index contributed by atoms with van der Waals surface area (Å²) in [5.74, 6) is 1.38. The minimum absolute atomic E-state index is 0.567. The Bertz CT molecular complexity index is 221. The third-order valence-electron chi connectivity index (χ3n) is 3.94. The first-order valence-electron chi connectivity index (χ1n) is 7.59. The van der Waals surface area contributed by atoms with Crippen molar-refractivity contribution in [3.8, 4) is 0 Å². The average Bonchev–Trinajstić information content (AvgIpc) is 2.31. The van der Waals surface area contributed by atoms with E-state index in [4.69, 9.17) is 4.74 Å². The summed E-state index contributed by atoms with van der Waals surface area (Å²) in [6, 6.07) is 1.20. The van der Waals surface area contributed by atoms with Crippen LogP contribution in [0.5, 0.6) is 0 Å². The molecule has 1 saturated heterocycles. The van der Waals surface area contributed by atoms with Gasteiger partial charge < -0.3 is 10.1 Å². The molecule has 1 aliphatic heterocycles. The second-order valence-electron chi connectivity index (χ2n) is 6.17. The van der Waals surface area contributed by atoms with E-state index in [0.29, 0.717) is 18.0 Å². The van der Waals surface area contributed by atoms with E-state index in [-0.39, 0.29) is 0 Å². The fourth-order valence-corrected chi connectivity index (χ4v) is 2.68. The maximum Gasteiger partial charge on any atom is 0.0624 e. The van der Waals surface area contributed by atoms with Crippen LogP contribution < -0.4 is 5.32 Å². The van der Waals surface area contributed by atoms with Crippen LogP contribution in [0.2, 0.25) is 0 Å². The molecule has 1 aliphatic rings. The monoisotopic (exact) mass is 256 g/mol. The van der Waals surface area contributed by atoms with Crippen LogP contribution in [0.1, 0.15) is 41.0 Å². The first kappa shape index (κ1) is 15.9. The van der Waals surface area contributed by atoms with Gasteiger partial charge in [0.05, 0.1) is 6.61 Å². The van der Waals surface area contributed by atoms with Crippen LogP contribution in [0, 0.1) is 11.8 Å². The van der Waals surface area contributed by atoms with Gasteiger partial charge in [-0.15, -0.1) is 0 Å². The number of nitrogens with one attached hydrogen (secondary N) is 1. The van der Waals surface area contributed by atoms with Crippen molar-refractivity contribution in [3.63, 3.8) is 0 Å². The fourth-order valence-electron chi connectivity index (χ4n) is 2.68. The standard InChI is InChI=1S/C15H32N2O/c1-6-18-11-15(12(2)3)17-8-7-14(5)16-9-13(4)10-17/h12-16H,6-11H2,1-5H3. The molecule has 0 radical (unpaired) electrons. The van der Waals surface area contributed by atoms with Gasteiger partial charge in [-0.05, 0) is 38.6 Å². The van der Waals surface area contributed by atoms with Crippen molar-refractivity contribution in [1.29, 1.82) is 0 Å². The molecular formula is C15H32N2O. The van der Waals surface area contributed by atoms with Crippen molar-refractivity contribution < 1.29 is 4.74 Å². The molecule has 0 bridgehead atoms. The summed E-state index contributed by atoms with van der Waals surface area (Å²) in [5.41, 5.74) is 0. The number of ether oxygens (including phenoxy) is 1. The molecule has 0 aromatic rings. The molecule has 0 aromatic carbocycles. The third-order valence-corrected chi connectivity index (χ3v) is 3.94. The first-order chi connectivity index (χ1) is 8.54. The predicted octanol–water partition coefficient (Wildman–Crippen LogP) is 2.37. The zero-order chi connectivity index (χ0) is 13.5. The molecule has 3 atom stereocenters. The molecule has 0 aliphatic carbocycles. The van der Waals surface area contributed by atoms with Crippen LogP contribution >= 0.6 is 0 Å². The van der Waals surface area contributed by atoms with Gasteiger partial charge in [0.1, 0.15) is 0 Å². The van der Waals surface area contributed by atoms with E-state index in [1.807, 2.05) is 0 Å². The zero-order valence-corrected chi connectivity index (χ0v) is 12.9. The highest BCUT2D eigenvalue weighted by Gasteiger charge is 2.25.